The van der Waals surface area contributed by atoms with Gasteiger partial charge in [-0.25, -0.2) is 14.1 Å². The molecule has 4 N–H and O–H groups in total. The van der Waals surface area contributed by atoms with E-state index in [9.17, 15) is 5.11 Å². The fourth-order valence-corrected chi connectivity index (χ4v) is 2.94. The Hall–Kier alpha value is -3.40. The van der Waals surface area contributed by atoms with Gasteiger partial charge in [0, 0.05) is 50.3 Å². The summed E-state index contributed by atoms with van der Waals surface area (Å²) >= 11 is 4.00. The van der Waals surface area contributed by atoms with E-state index < -0.39 is 6.10 Å². The molecule has 0 spiro atoms. The molecule has 0 fully saturated rings. The maximum atomic E-state index is 9.48. The SMILES string of the molecule is CNC[C@H](O)c1ccc(O)c(O)c1.C[n+]1ccc(-c2cc[n+](C)cc2)cc1.Cn1ccnc1S. The van der Waals surface area contributed by atoms with Crippen LogP contribution in [0.15, 0.2) is 84.8 Å². The van der Waals surface area contributed by atoms with Crippen molar-refractivity contribution in [1.29, 1.82) is 0 Å². The highest BCUT2D eigenvalue weighted by Crippen LogP contribution is 2.27. The highest BCUT2D eigenvalue weighted by molar-refractivity contribution is 7.80. The number of nitrogens with one attached hydrogen (secondary N) is 1. The fourth-order valence-electron chi connectivity index (χ4n) is 2.80. The molecular weight excluding hydrogens is 450 g/mol. The van der Waals surface area contributed by atoms with Crippen molar-refractivity contribution in [3.05, 3.63) is 85.2 Å². The van der Waals surface area contributed by atoms with E-state index in [0.29, 0.717) is 12.1 Å². The summed E-state index contributed by atoms with van der Waals surface area (Å²) in [6, 6.07) is 12.7. The first-order chi connectivity index (χ1) is 16.2. The number of nitrogens with zero attached hydrogens (tertiary/aromatic N) is 4. The summed E-state index contributed by atoms with van der Waals surface area (Å²) < 4.78 is 5.90. The number of hydrogen-bond donors (Lipinski definition) is 5. The predicted molar refractivity (Wildman–Crippen MR) is 133 cm³/mol. The molecule has 0 unspecified atom stereocenters. The van der Waals surface area contributed by atoms with E-state index in [1.54, 1.807) is 19.3 Å². The summed E-state index contributed by atoms with van der Waals surface area (Å²) in [6.45, 7) is 0.407. The molecule has 3 heterocycles. The van der Waals surface area contributed by atoms with Crippen LogP contribution in [-0.2, 0) is 21.1 Å². The van der Waals surface area contributed by atoms with E-state index in [0.717, 1.165) is 5.16 Å². The van der Waals surface area contributed by atoms with Gasteiger partial charge in [0.1, 0.15) is 14.1 Å². The Morgan fingerprint density at radius 2 is 1.47 bits per heavy atom. The van der Waals surface area contributed by atoms with Gasteiger partial charge in [-0.2, -0.15) is 0 Å². The second-order valence-corrected chi connectivity index (χ2v) is 8.06. The molecule has 0 amide bonds. The predicted octanol–water partition coefficient (Wildman–Crippen LogP) is 2.06. The van der Waals surface area contributed by atoms with Crippen molar-refractivity contribution in [3.63, 3.8) is 0 Å². The van der Waals surface area contributed by atoms with E-state index in [2.05, 4.69) is 72.0 Å². The van der Waals surface area contributed by atoms with Crippen molar-refractivity contribution < 1.29 is 24.5 Å². The molecule has 0 saturated heterocycles. The number of aromatic hydroxyl groups is 2. The molecule has 4 rings (SSSR count). The molecule has 1 atom stereocenters. The number of aromatic nitrogens is 4. The lowest BCUT2D eigenvalue weighted by Gasteiger charge is -2.10. The van der Waals surface area contributed by atoms with Gasteiger partial charge in [-0.3, -0.25) is 0 Å². The standard InChI is InChI=1S/C12H14N2.C9H13NO3.C4H6N2S/c1-13-7-3-11(4-8-13)12-5-9-14(2)10-6-12;1-10-5-9(13)6-2-3-7(11)8(12)4-6;1-6-3-2-5-4(6)7/h3-10H,1-2H3;2-4,9-13H,5H2,1H3;2-3H,1H3,(H,5,7)/q+2;;/t;9-;/m.0./s1. The molecule has 180 valence electrons. The number of rotatable bonds is 4. The first-order valence-corrected chi connectivity index (χ1v) is 11.1. The minimum absolute atomic E-state index is 0.180. The van der Waals surface area contributed by atoms with E-state index in [1.165, 1.54) is 23.3 Å². The van der Waals surface area contributed by atoms with Crippen LogP contribution in [0.1, 0.15) is 11.7 Å². The van der Waals surface area contributed by atoms with Crippen molar-refractivity contribution in [1.82, 2.24) is 14.9 Å². The first-order valence-electron chi connectivity index (χ1n) is 10.6. The van der Waals surface area contributed by atoms with E-state index in [1.807, 2.05) is 41.0 Å². The van der Waals surface area contributed by atoms with Crippen molar-refractivity contribution in [2.45, 2.75) is 11.3 Å². The molecule has 9 heteroatoms. The summed E-state index contributed by atoms with van der Waals surface area (Å²) in [5.74, 6) is -0.395. The van der Waals surface area contributed by atoms with Crippen molar-refractivity contribution in [2.24, 2.45) is 21.1 Å². The van der Waals surface area contributed by atoms with E-state index in [-0.39, 0.29) is 11.5 Å². The molecule has 0 bridgehead atoms. The maximum absolute atomic E-state index is 9.48. The summed E-state index contributed by atoms with van der Waals surface area (Å²) in [5.41, 5.74) is 3.08. The second kappa shape index (κ2) is 13.3. The van der Waals surface area contributed by atoms with Gasteiger partial charge in [-0.15, -0.1) is 12.6 Å². The molecule has 0 aliphatic rings. The van der Waals surface area contributed by atoms with Gasteiger partial charge in [0.25, 0.3) is 0 Å². The number of likely N-dealkylation sites (N-methyl/N-ethyl adjacent to an activating group) is 1. The Morgan fingerprint density at radius 3 is 1.82 bits per heavy atom. The lowest BCUT2D eigenvalue weighted by molar-refractivity contribution is -0.671. The largest absolute Gasteiger partial charge is 0.504 e. The molecule has 0 saturated carbocycles. The average Bonchev–Trinajstić information content (AvgIpc) is 3.20. The Balaban J connectivity index is 0.000000190. The van der Waals surface area contributed by atoms with Crippen LogP contribution in [0.2, 0.25) is 0 Å². The zero-order chi connectivity index (χ0) is 25.1. The minimum atomic E-state index is -0.670. The first kappa shape index (κ1) is 26.8. The summed E-state index contributed by atoms with van der Waals surface area (Å²) in [6.07, 6.45) is 11.1. The number of imidazole rings is 1. The molecule has 8 nitrogen and oxygen atoms in total. The zero-order valence-electron chi connectivity index (χ0n) is 19.9. The smallest absolute Gasteiger partial charge is 0.169 e. The monoisotopic (exact) mass is 483 g/mol. The quantitative estimate of drug-likeness (QED) is 0.174. The summed E-state index contributed by atoms with van der Waals surface area (Å²) in [7, 11) is 7.67. The topological polar surface area (TPSA) is 98.3 Å². The number of thiol groups is 1. The van der Waals surface area contributed by atoms with Gasteiger partial charge in [-0.1, -0.05) is 6.07 Å². The van der Waals surface area contributed by atoms with Gasteiger partial charge in [0.05, 0.1) is 6.10 Å². The number of aliphatic hydroxyl groups is 1. The number of pyridine rings is 2. The Bertz CT molecular complexity index is 1090. The molecule has 4 aromatic rings. The van der Waals surface area contributed by atoms with Crippen LogP contribution in [0.3, 0.4) is 0 Å². The Labute approximate surface area is 205 Å². The van der Waals surface area contributed by atoms with Crippen LogP contribution in [0.25, 0.3) is 11.1 Å². The molecule has 0 aliphatic carbocycles. The Kier molecular flexibility index (Phi) is 10.5. The van der Waals surface area contributed by atoms with Gasteiger partial charge < -0.3 is 25.2 Å². The molecule has 1 aromatic carbocycles. The van der Waals surface area contributed by atoms with E-state index >= 15 is 0 Å². The average molecular weight is 484 g/mol. The minimum Gasteiger partial charge on any atom is -0.504 e. The zero-order valence-corrected chi connectivity index (χ0v) is 20.8. The number of aliphatic hydroxyl groups excluding tert-OH is 1. The molecule has 3 aromatic heterocycles. The van der Waals surface area contributed by atoms with Gasteiger partial charge in [-0.05, 0) is 35.9 Å². The third-order valence-electron chi connectivity index (χ3n) is 4.87. The second-order valence-electron chi connectivity index (χ2n) is 7.66. The number of hydrogen-bond acceptors (Lipinski definition) is 6. The molecular formula is C25H33N5O3S+2. The molecule has 0 aliphatic heterocycles. The fraction of sp³-hybridized carbons (Fsp3) is 0.240. The van der Waals surface area contributed by atoms with Crippen molar-refractivity contribution in [3.8, 4) is 22.6 Å². The van der Waals surface area contributed by atoms with Crippen molar-refractivity contribution >= 4 is 12.6 Å². The Morgan fingerprint density at radius 1 is 0.941 bits per heavy atom. The van der Waals surface area contributed by atoms with Gasteiger partial charge in [0.15, 0.2) is 41.4 Å². The summed E-state index contributed by atoms with van der Waals surface area (Å²) in [5, 5.41) is 31.2. The number of phenolic OH excluding ortho intramolecular Hbond substituents is 2. The third kappa shape index (κ3) is 8.51. The van der Waals surface area contributed by atoms with Crippen molar-refractivity contribution in [2.75, 3.05) is 13.6 Å². The maximum Gasteiger partial charge on any atom is 0.169 e. The van der Waals surface area contributed by atoms with Crippen LogP contribution in [0.4, 0.5) is 0 Å². The molecule has 0 radical (unpaired) electrons. The number of phenols is 2. The van der Waals surface area contributed by atoms with Crippen LogP contribution < -0.4 is 14.5 Å². The van der Waals surface area contributed by atoms with Crippen LogP contribution in [0, 0.1) is 0 Å². The van der Waals surface area contributed by atoms with E-state index in [4.69, 9.17) is 10.2 Å². The third-order valence-corrected chi connectivity index (χ3v) is 5.30. The highest BCUT2D eigenvalue weighted by atomic mass is 32.1. The lowest BCUT2D eigenvalue weighted by Crippen LogP contribution is -2.26. The highest BCUT2D eigenvalue weighted by Gasteiger charge is 2.08. The number of aryl methyl sites for hydroxylation is 3. The summed E-state index contributed by atoms with van der Waals surface area (Å²) in [4.78, 5) is 3.84. The lowest BCUT2D eigenvalue weighted by atomic mass is 10.1. The molecule has 34 heavy (non-hydrogen) atoms. The van der Waals surface area contributed by atoms with Gasteiger partial charge >= 0.3 is 0 Å². The van der Waals surface area contributed by atoms with Crippen LogP contribution >= 0.6 is 12.6 Å². The van der Waals surface area contributed by atoms with Crippen LogP contribution in [-0.4, -0.2) is 38.5 Å². The van der Waals surface area contributed by atoms with Gasteiger partial charge in [0.2, 0.25) is 0 Å². The van der Waals surface area contributed by atoms with Crippen LogP contribution in [0.5, 0.6) is 11.5 Å². The number of benzene rings is 1. The normalized spacial score (nSPS) is 11.0.